The SMILES string of the molecule is COc1ccc(C2/C(=C(/O)c3ccc(Br)c(C)c3)C(=O)C(=O)N2c2ccc(F)cc2)cc1. The topological polar surface area (TPSA) is 66.8 Å². The Kier molecular flexibility index (Phi) is 5.84. The van der Waals surface area contributed by atoms with E-state index in [0.29, 0.717) is 22.6 Å². The van der Waals surface area contributed by atoms with Crippen molar-refractivity contribution < 1.29 is 23.8 Å². The summed E-state index contributed by atoms with van der Waals surface area (Å²) in [7, 11) is 1.54. The number of benzene rings is 3. The number of carbonyl (C=O) groups excluding carboxylic acids is 2. The van der Waals surface area contributed by atoms with Crippen LogP contribution in [0.2, 0.25) is 0 Å². The lowest BCUT2D eigenvalue weighted by Gasteiger charge is -2.25. The molecule has 1 saturated heterocycles. The van der Waals surface area contributed by atoms with E-state index in [4.69, 9.17) is 4.74 Å². The van der Waals surface area contributed by atoms with Gasteiger partial charge in [-0.3, -0.25) is 14.5 Å². The molecule has 1 atom stereocenters. The van der Waals surface area contributed by atoms with Gasteiger partial charge in [0.1, 0.15) is 17.3 Å². The van der Waals surface area contributed by atoms with Gasteiger partial charge in [-0.25, -0.2) is 4.39 Å². The number of aliphatic hydroxyl groups is 1. The molecule has 3 aromatic carbocycles. The van der Waals surface area contributed by atoms with E-state index >= 15 is 0 Å². The molecule has 3 aromatic rings. The summed E-state index contributed by atoms with van der Waals surface area (Å²) in [5.74, 6) is -1.74. The van der Waals surface area contributed by atoms with Gasteiger partial charge in [-0.05, 0) is 66.6 Å². The van der Waals surface area contributed by atoms with E-state index in [1.807, 2.05) is 6.92 Å². The molecule has 1 N–H and O–H groups in total. The molecule has 1 heterocycles. The van der Waals surface area contributed by atoms with Crippen molar-refractivity contribution in [3.63, 3.8) is 0 Å². The Bertz CT molecular complexity index is 1240. The number of anilines is 1. The zero-order valence-corrected chi connectivity index (χ0v) is 18.9. The van der Waals surface area contributed by atoms with Gasteiger partial charge in [0, 0.05) is 15.7 Å². The second-order valence-corrected chi connectivity index (χ2v) is 8.24. The fourth-order valence-corrected chi connectivity index (χ4v) is 4.00. The Balaban J connectivity index is 1.93. The van der Waals surface area contributed by atoms with Crippen molar-refractivity contribution in [3.8, 4) is 5.75 Å². The van der Waals surface area contributed by atoms with Gasteiger partial charge in [-0.1, -0.05) is 34.1 Å². The second-order valence-electron chi connectivity index (χ2n) is 7.38. The molecule has 0 bridgehead atoms. The fraction of sp³-hybridized carbons (Fsp3) is 0.120. The zero-order chi connectivity index (χ0) is 23.0. The van der Waals surface area contributed by atoms with E-state index < -0.39 is 23.5 Å². The quantitative estimate of drug-likeness (QED) is 0.293. The van der Waals surface area contributed by atoms with E-state index in [9.17, 15) is 19.1 Å². The van der Waals surface area contributed by atoms with Crippen LogP contribution in [0.5, 0.6) is 5.75 Å². The Morgan fingerprint density at radius 2 is 1.69 bits per heavy atom. The Morgan fingerprint density at radius 3 is 2.28 bits per heavy atom. The number of ether oxygens (including phenoxy) is 1. The number of ketones is 1. The Hall–Kier alpha value is -3.45. The van der Waals surface area contributed by atoms with E-state index in [1.165, 1.54) is 36.3 Å². The molecule has 7 heteroatoms. The molecule has 1 unspecified atom stereocenters. The largest absolute Gasteiger partial charge is 0.507 e. The highest BCUT2D eigenvalue weighted by Crippen LogP contribution is 2.42. The predicted molar refractivity (Wildman–Crippen MR) is 123 cm³/mol. The highest BCUT2D eigenvalue weighted by molar-refractivity contribution is 9.10. The van der Waals surface area contributed by atoms with Crippen LogP contribution in [-0.2, 0) is 9.59 Å². The van der Waals surface area contributed by atoms with Crippen LogP contribution in [0.25, 0.3) is 5.76 Å². The second kappa shape index (κ2) is 8.59. The zero-order valence-electron chi connectivity index (χ0n) is 17.3. The van der Waals surface area contributed by atoms with Gasteiger partial charge in [0.15, 0.2) is 0 Å². The summed E-state index contributed by atoms with van der Waals surface area (Å²) < 4.78 is 19.6. The maximum Gasteiger partial charge on any atom is 0.300 e. The van der Waals surface area contributed by atoms with Crippen LogP contribution in [-0.4, -0.2) is 23.9 Å². The molecule has 4 rings (SSSR count). The number of aliphatic hydroxyl groups excluding tert-OH is 1. The monoisotopic (exact) mass is 495 g/mol. The molecule has 32 heavy (non-hydrogen) atoms. The summed E-state index contributed by atoms with van der Waals surface area (Å²) in [5, 5.41) is 11.1. The minimum atomic E-state index is -0.893. The van der Waals surface area contributed by atoms with Crippen LogP contribution in [0.4, 0.5) is 10.1 Å². The summed E-state index contributed by atoms with van der Waals surface area (Å²) in [6.45, 7) is 1.86. The average molecular weight is 496 g/mol. The summed E-state index contributed by atoms with van der Waals surface area (Å²) in [6.07, 6.45) is 0. The lowest BCUT2D eigenvalue weighted by Crippen LogP contribution is -2.29. The molecule has 0 spiro atoms. The number of hydrogen-bond donors (Lipinski definition) is 1. The normalized spacial score (nSPS) is 17.6. The Labute approximate surface area is 192 Å². The highest BCUT2D eigenvalue weighted by Gasteiger charge is 2.47. The standard InChI is InChI=1S/C25H19BrFNO4/c1-14-13-16(5-12-20(14)26)23(29)21-22(15-3-10-19(32-2)11-4-15)28(25(31)24(21)30)18-8-6-17(27)7-9-18/h3-13,22,29H,1-2H3/b23-21-. The molecule has 1 aliphatic heterocycles. The van der Waals surface area contributed by atoms with E-state index in [0.717, 1.165) is 10.0 Å². The molecule has 5 nitrogen and oxygen atoms in total. The van der Waals surface area contributed by atoms with Crippen LogP contribution < -0.4 is 9.64 Å². The Morgan fingerprint density at radius 1 is 1.03 bits per heavy atom. The van der Waals surface area contributed by atoms with Crippen molar-refractivity contribution >= 4 is 39.1 Å². The number of halogens is 2. The molecule has 0 saturated carbocycles. The average Bonchev–Trinajstić information content (AvgIpc) is 3.06. The lowest BCUT2D eigenvalue weighted by molar-refractivity contribution is -0.132. The minimum absolute atomic E-state index is 0.0359. The summed E-state index contributed by atoms with van der Waals surface area (Å²) in [5.41, 5.74) is 2.19. The van der Waals surface area contributed by atoms with Gasteiger partial charge in [-0.15, -0.1) is 0 Å². The number of methoxy groups -OCH3 is 1. The molecular weight excluding hydrogens is 477 g/mol. The smallest absolute Gasteiger partial charge is 0.300 e. The third-order valence-electron chi connectivity index (χ3n) is 5.41. The third kappa shape index (κ3) is 3.80. The van der Waals surface area contributed by atoms with Gasteiger partial charge < -0.3 is 9.84 Å². The van der Waals surface area contributed by atoms with Crippen molar-refractivity contribution in [3.05, 3.63) is 99.3 Å². The van der Waals surface area contributed by atoms with Crippen LogP contribution in [0.3, 0.4) is 0 Å². The number of amides is 1. The number of Topliss-reactive ketones (excluding diaryl/α,β-unsaturated/α-hetero) is 1. The maximum absolute atomic E-state index is 13.5. The molecule has 1 amide bonds. The molecule has 1 fully saturated rings. The molecule has 162 valence electrons. The van der Waals surface area contributed by atoms with E-state index in [2.05, 4.69) is 15.9 Å². The van der Waals surface area contributed by atoms with Gasteiger partial charge in [0.25, 0.3) is 11.7 Å². The number of aryl methyl sites for hydroxylation is 1. The van der Waals surface area contributed by atoms with Gasteiger partial charge in [0.2, 0.25) is 0 Å². The number of nitrogens with zero attached hydrogens (tertiary/aromatic N) is 1. The maximum atomic E-state index is 13.5. The van der Waals surface area contributed by atoms with E-state index in [1.54, 1.807) is 42.5 Å². The predicted octanol–water partition coefficient (Wildman–Crippen LogP) is 5.53. The first-order chi connectivity index (χ1) is 15.3. The summed E-state index contributed by atoms with van der Waals surface area (Å²) in [4.78, 5) is 27.5. The van der Waals surface area contributed by atoms with Crippen LogP contribution in [0.1, 0.15) is 22.7 Å². The number of rotatable bonds is 4. The van der Waals surface area contributed by atoms with Gasteiger partial charge in [-0.2, -0.15) is 0 Å². The molecule has 1 aliphatic rings. The van der Waals surface area contributed by atoms with Crippen molar-refractivity contribution in [2.24, 2.45) is 0 Å². The third-order valence-corrected chi connectivity index (χ3v) is 6.30. The molecule has 0 aromatic heterocycles. The first kappa shape index (κ1) is 21.8. The number of carbonyl (C=O) groups is 2. The summed E-state index contributed by atoms with van der Waals surface area (Å²) >= 11 is 3.42. The lowest BCUT2D eigenvalue weighted by atomic mass is 9.94. The molecule has 0 aliphatic carbocycles. The minimum Gasteiger partial charge on any atom is -0.507 e. The van der Waals surface area contributed by atoms with Crippen LogP contribution in [0.15, 0.2) is 76.8 Å². The van der Waals surface area contributed by atoms with Gasteiger partial charge in [0.05, 0.1) is 18.7 Å². The fourth-order valence-electron chi connectivity index (χ4n) is 3.75. The van der Waals surface area contributed by atoms with Crippen LogP contribution in [0, 0.1) is 12.7 Å². The molecule has 0 radical (unpaired) electrons. The first-order valence-corrected chi connectivity index (χ1v) is 10.6. The summed E-state index contributed by atoms with van der Waals surface area (Å²) in [6, 6.07) is 16.5. The van der Waals surface area contributed by atoms with Crippen molar-refractivity contribution in [2.75, 3.05) is 12.0 Å². The van der Waals surface area contributed by atoms with Crippen molar-refractivity contribution in [1.82, 2.24) is 0 Å². The van der Waals surface area contributed by atoms with Crippen LogP contribution >= 0.6 is 15.9 Å². The highest BCUT2D eigenvalue weighted by atomic mass is 79.9. The van der Waals surface area contributed by atoms with E-state index in [-0.39, 0.29) is 11.3 Å². The van der Waals surface area contributed by atoms with Gasteiger partial charge >= 0.3 is 0 Å². The van der Waals surface area contributed by atoms with Crippen molar-refractivity contribution in [2.45, 2.75) is 13.0 Å². The molecular formula is C25H19BrFNO4. The number of hydrogen-bond acceptors (Lipinski definition) is 4. The first-order valence-electron chi connectivity index (χ1n) is 9.79. The van der Waals surface area contributed by atoms with Crippen molar-refractivity contribution in [1.29, 1.82) is 0 Å².